The van der Waals surface area contributed by atoms with Crippen LogP contribution in [-0.2, 0) is 0 Å². The van der Waals surface area contributed by atoms with Gasteiger partial charge in [-0.2, -0.15) is 0 Å². The zero-order valence-corrected chi connectivity index (χ0v) is 12.6. The summed E-state index contributed by atoms with van der Waals surface area (Å²) in [5, 5.41) is 3.07. The highest BCUT2D eigenvalue weighted by atomic mass is 35.5. The molecule has 0 radical (unpaired) electrons. The zero-order chi connectivity index (χ0) is 16.1. The molecule has 3 heterocycles. The van der Waals surface area contributed by atoms with Crippen molar-refractivity contribution in [3.05, 3.63) is 71.9 Å². The maximum atomic E-state index is 12.4. The van der Waals surface area contributed by atoms with Gasteiger partial charge >= 0.3 is 0 Å². The van der Waals surface area contributed by atoms with Crippen molar-refractivity contribution in [3.63, 3.8) is 0 Å². The van der Waals surface area contributed by atoms with Crippen molar-refractivity contribution in [1.82, 2.24) is 15.0 Å². The van der Waals surface area contributed by atoms with E-state index in [-0.39, 0.29) is 11.8 Å². The summed E-state index contributed by atoms with van der Waals surface area (Å²) in [5.41, 5.74) is 0.821. The summed E-state index contributed by atoms with van der Waals surface area (Å²) in [6.45, 7) is 0. The predicted octanol–water partition coefficient (Wildman–Crippen LogP) is 3.57. The molecule has 0 aromatic carbocycles. The lowest BCUT2D eigenvalue weighted by Gasteiger charge is -2.10. The maximum Gasteiger partial charge on any atom is 0.261 e. The third-order valence-electron chi connectivity index (χ3n) is 2.85. The molecular weight excluding hydrogens is 316 g/mol. The number of carbonyl (C=O) groups is 1. The number of aromatic nitrogens is 3. The first-order chi connectivity index (χ1) is 11.2. The van der Waals surface area contributed by atoms with Gasteiger partial charge in [-0.1, -0.05) is 11.6 Å². The molecule has 0 saturated carbocycles. The second kappa shape index (κ2) is 6.85. The van der Waals surface area contributed by atoms with Crippen molar-refractivity contribution in [2.45, 2.75) is 0 Å². The number of rotatable bonds is 4. The van der Waals surface area contributed by atoms with Crippen LogP contribution in [0.15, 0.2) is 61.2 Å². The third-order valence-corrected chi connectivity index (χ3v) is 3.07. The molecule has 0 bridgehead atoms. The number of anilines is 1. The standard InChI is InChI=1S/C16H11ClN4O2/c17-14-6-5-11(9-20-14)21-15(22)13-4-2-8-19-16(13)23-12-3-1-7-18-10-12/h1-10H,(H,21,22). The first-order valence-corrected chi connectivity index (χ1v) is 7.06. The fourth-order valence-corrected chi connectivity index (χ4v) is 1.92. The van der Waals surface area contributed by atoms with Crippen molar-refractivity contribution < 1.29 is 9.53 Å². The Morgan fingerprint density at radius 2 is 1.91 bits per heavy atom. The van der Waals surface area contributed by atoms with Gasteiger partial charge in [0, 0.05) is 12.4 Å². The van der Waals surface area contributed by atoms with Gasteiger partial charge in [0.05, 0.1) is 18.1 Å². The Morgan fingerprint density at radius 3 is 2.65 bits per heavy atom. The van der Waals surface area contributed by atoms with Crippen LogP contribution in [0.1, 0.15) is 10.4 Å². The third kappa shape index (κ3) is 3.81. The molecule has 0 fully saturated rings. The van der Waals surface area contributed by atoms with Crippen molar-refractivity contribution in [3.8, 4) is 11.6 Å². The van der Waals surface area contributed by atoms with E-state index in [9.17, 15) is 4.79 Å². The van der Waals surface area contributed by atoms with Gasteiger partial charge in [-0.3, -0.25) is 9.78 Å². The number of amides is 1. The van der Waals surface area contributed by atoms with Gasteiger partial charge in [-0.05, 0) is 36.4 Å². The number of nitrogens with zero attached hydrogens (tertiary/aromatic N) is 3. The van der Waals surface area contributed by atoms with Gasteiger partial charge in [-0.15, -0.1) is 0 Å². The molecule has 0 aliphatic rings. The lowest BCUT2D eigenvalue weighted by Crippen LogP contribution is -2.13. The molecule has 1 N–H and O–H groups in total. The minimum Gasteiger partial charge on any atom is -0.437 e. The van der Waals surface area contributed by atoms with Crippen LogP contribution in [0.3, 0.4) is 0 Å². The van der Waals surface area contributed by atoms with Gasteiger partial charge in [-0.25, -0.2) is 9.97 Å². The molecule has 3 aromatic heterocycles. The Morgan fingerprint density at radius 1 is 1.04 bits per heavy atom. The minimum atomic E-state index is -0.360. The van der Waals surface area contributed by atoms with E-state index in [1.54, 1.807) is 55.0 Å². The Kier molecular flexibility index (Phi) is 4.44. The number of hydrogen-bond donors (Lipinski definition) is 1. The van der Waals surface area contributed by atoms with Crippen molar-refractivity contribution in [1.29, 1.82) is 0 Å². The molecule has 3 rings (SSSR count). The van der Waals surface area contributed by atoms with E-state index in [2.05, 4.69) is 20.3 Å². The first-order valence-electron chi connectivity index (χ1n) is 6.68. The number of pyridine rings is 3. The molecule has 3 aromatic rings. The number of halogens is 1. The number of carbonyl (C=O) groups excluding carboxylic acids is 1. The van der Waals surface area contributed by atoms with Crippen molar-refractivity contribution >= 4 is 23.2 Å². The van der Waals surface area contributed by atoms with Crippen LogP contribution in [-0.4, -0.2) is 20.9 Å². The average Bonchev–Trinajstić information content (AvgIpc) is 2.58. The van der Waals surface area contributed by atoms with E-state index in [1.165, 1.54) is 6.20 Å². The van der Waals surface area contributed by atoms with E-state index in [1.807, 2.05) is 0 Å². The highest BCUT2D eigenvalue weighted by molar-refractivity contribution is 6.29. The Bertz CT molecular complexity index is 810. The van der Waals surface area contributed by atoms with Crippen LogP contribution in [0.25, 0.3) is 0 Å². The van der Waals surface area contributed by atoms with Crippen LogP contribution in [0.4, 0.5) is 5.69 Å². The van der Waals surface area contributed by atoms with E-state index < -0.39 is 0 Å². The Hall–Kier alpha value is -2.99. The summed E-state index contributed by atoms with van der Waals surface area (Å²) < 4.78 is 5.62. The highest BCUT2D eigenvalue weighted by Crippen LogP contribution is 2.23. The first kappa shape index (κ1) is 14.9. The molecule has 114 valence electrons. The molecule has 0 unspecified atom stereocenters. The summed E-state index contributed by atoms with van der Waals surface area (Å²) in [6.07, 6.45) is 6.19. The molecule has 0 aliphatic heterocycles. The molecule has 0 saturated heterocycles. The summed E-state index contributed by atoms with van der Waals surface area (Å²) in [4.78, 5) is 24.4. The number of ether oxygens (including phenoxy) is 1. The van der Waals surface area contributed by atoms with Gasteiger partial charge in [0.2, 0.25) is 5.88 Å². The van der Waals surface area contributed by atoms with Gasteiger partial charge in [0.15, 0.2) is 0 Å². The second-order valence-corrected chi connectivity index (χ2v) is 4.86. The van der Waals surface area contributed by atoms with E-state index in [4.69, 9.17) is 16.3 Å². The van der Waals surface area contributed by atoms with E-state index in [0.29, 0.717) is 22.2 Å². The second-order valence-electron chi connectivity index (χ2n) is 4.47. The SMILES string of the molecule is O=C(Nc1ccc(Cl)nc1)c1cccnc1Oc1cccnc1. The average molecular weight is 327 g/mol. The van der Waals surface area contributed by atoms with Gasteiger partial charge in [0.1, 0.15) is 16.5 Å². The fraction of sp³-hybridized carbons (Fsp3) is 0. The zero-order valence-electron chi connectivity index (χ0n) is 11.8. The van der Waals surface area contributed by atoms with Crippen molar-refractivity contribution in [2.75, 3.05) is 5.32 Å². The Labute approximate surface area is 137 Å². The molecule has 0 atom stereocenters. The topological polar surface area (TPSA) is 77.0 Å². The van der Waals surface area contributed by atoms with Crippen LogP contribution in [0.2, 0.25) is 5.15 Å². The summed E-state index contributed by atoms with van der Waals surface area (Å²) in [6, 6.07) is 9.99. The van der Waals surface area contributed by atoms with E-state index in [0.717, 1.165) is 0 Å². The summed E-state index contributed by atoms with van der Waals surface area (Å²) >= 11 is 5.72. The molecule has 6 nitrogen and oxygen atoms in total. The number of hydrogen-bond acceptors (Lipinski definition) is 5. The molecule has 0 aliphatic carbocycles. The largest absolute Gasteiger partial charge is 0.437 e. The van der Waals surface area contributed by atoms with Crippen LogP contribution < -0.4 is 10.1 Å². The monoisotopic (exact) mass is 326 g/mol. The number of nitrogens with one attached hydrogen (secondary N) is 1. The lowest BCUT2D eigenvalue weighted by atomic mass is 10.2. The molecule has 23 heavy (non-hydrogen) atoms. The van der Waals surface area contributed by atoms with Crippen LogP contribution >= 0.6 is 11.6 Å². The summed E-state index contributed by atoms with van der Waals surface area (Å²) in [7, 11) is 0. The fourth-order valence-electron chi connectivity index (χ4n) is 1.81. The minimum absolute atomic E-state index is 0.194. The molecule has 7 heteroatoms. The summed E-state index contributed by atoms with van der Waals surface area (Å²) in [5.74, 6) is 0.328. The van der Waals surface area contributed by atoms with E-state index >= 15 is 0 Å². The van der Waals surface area contributed by atoms with Crippen LogP contribution in [0, 0.1) is 0 Å². The smallest absolute Gasteiger partial charge is 0.261 e. The van der Waals surface area contributed by atoms with Gasteiger partial charge in [0.25, 0.3) is 5.91 Å². The Balaban J connectivity index is 1.82. The quantitative estimate of drug-likeness (QED) is 0.742. The molecule has 0 spiro atoms. The van der Waals surface area contributed by atoms with Crippen molar-refractivity contribution in [2.24, 2.45) is 0 Å². The van der Waals surface area contributed by atoms with Gasteiger partial charge < -0.3 is 10.1 Å². The highest BCUT2D eigenvalue weighted by Gasteiger charge is 2.14. The normalized spacial score (nSPS) is 10.1. The predicted molar refractivity (Wildman–Crippen MR) is 85.7 cm³/mol. The maximum absolute atomic E-state index is 12.4. The molecule has 1 amide bonds. The molecular formula is C16H11ClN4O2. The lowest BCUT2D eigenvalue weighted by molar-refractivity contribution is 0.102. The van der Waals surface area contributed by atoms with Crippen LogP contribution in [0.5, 0.6) is 11.6 Å².